The van der Waals surface area contributed by atoms with Crippen molar-refractivity contribution in [1.29, 1.82) is 0 Å². The van der Waals surface area contributed by atoms with Gasteiger partial charge in [0.2, 0.25) is 12.2 Å². The fraction of sp³-hybridized carbons (Fsp3) is 0.350. The van der Waals surface area contributed by atoms with Crippen LogP contribution < -0.4 is 10.3 Å². The first kappa shape index (κ1) is 22.2. The van der Waals surface area contributed by atoms with Gasteiger partial charge in [0.25, 0.3) is 0 Å². The highest BCUT2D eigenvalue weighted by atomic mass is 19.1. The van der Waals surface area contributed by atoms with Crippen molar-refractivity contribution in [3.63, 3.8) is 0 Å². The van der Waals surface area contributed by atoms with E-state index in [-0.39, 0.29) is 43.2 Å². The number of anilines is 1. The highest BCUT2D eigenvalue weighted by Crippen LogP contribution is 2.29. The number of aromatic carboxylic acids is 1. The van der Waals surface area contributed by atoms with Crippen molar-refractivity contribution >= 4 is 34.5 Å². The topological polar surface area (TPSA) is 118 Å². The minimum Gasteiger partial charge on any atom is -0.477 e. The number of aryl methyl sites for hydroxylation is 1. The average molecular weight is 433 g/mol. The summed E-state index contributed by atoms with van der Waals surface area (Å²) in [5.41, 5.74) is -0.760. The molecule has 3 rings (SSSR count). The fourth-order valence-electron chi connectivity index (χ4n) is 3.35. The van der Waals surface area contributed by atoms with Gasteiger partial charge in [-0.05, 0) is 19.1 Å². The van der Waals surface area contributed by atoms with Crippen LogP contribution in [0.5, 0.6) is 0 Å². The van der Waals surface area contributed by atoms with E-state index in [4.69, 9.17) is 9.57 Å². The number of pyridine rings is 1. The molecular formula is C20H20FN3O7. The number of carboxylic acid groups (broad SMARTS) is 1. The van der Waals surface area contributed by atoms with Crippen molar-refractivity contribution in [2.45, 2.75) is 20.4 Å². The summed E-state index contributed by atoms with van der Waals surface area (Å²) in [6.45, 7) is 3.42. The van der Waals surface area contributed by atoms with E-state index in [2.05, 4.69) is 0 Å². The van der Waals surface area contributed by atoms with Crippen LogP contribution in [0.3, 0.4) is 0 Å². The number of hydroxylamine groups is 2. The zero-order valence-electron chi connectivity index (χ0n) is 16.9. The van der Waals surface area contributed by atoms with Crippen molar-refractivity contribution in [2.75, 3.05) is 31.3 Å². The number of carboxylic acids is 1. The summed E-state index contributed by atoms with van der Waals surface area (Å²) in [5.74, 6) is -0.921. The molecule has 0 spiro atoms. The number of halogens is 1. The van der Waals surface area contributed by atoms with Gasteiger partial charge in [-0.25, -0.2) is 14.0 Å². The zero-order chi connectivity index (χ0) is 22.7. The Kier molecular flexibility index (Phi) is 6.50. The predicted octanol–water partition coefficient (Wildman–Crippen LogP) is 1.15. The molecule has 2 heterocycles. The normalized spacial score (nSPS) is 14.5. The molecule has 0 radical (unpaired) electrons. The van der Waals surface area contributed by atoms with Crippen LogP contribution in [0.25, 0.3) is 10.9 Å². The molecule has 0 amide bonds. The lowest BCUT2D eigenvalue weighted by atomic mass is 10.1. The third-order valence-electron chi connectivity index (χ3n) is 4.85. The van der Waals surface area contributed by atoms with E-state index >= 15 is 0 Å². The molecule has 164 valence electrons. The summed E-state index contributed by atoms with van der Waals surface area (Å²) in [6, 6.07) is 2.39. The summed E-state index contributed by atoms with van der Waals surface area (Å²) in [5, 5.41) is 10.6. The monoisotopic (exact) mass is 433 g/mol. The molecule has 0 bridgehead atoms. The van der Waals surface area contributed by atoms with Crippen LogP contribution in [0, 0.1) is 5.82 Å². The predicted molar refractivity (Wildman–Crippen MR) is 107 cm³/mol. The van der Waals surface area contributed by atoms with Crippen LogP contribution in [-0.2, 0) is 25.7 Å². The number of carbonyl (C=O) groups excluding carboxylic acids is 2. The van der Waals surface area contributed by atoms with E-state index in [0.29, 0.717) is 12.1 Å². The van der Waals surface area contributed by atoms with Gasteiger partial charge in [-0.15, -0.1) is 0 Å². The fourth-order valence-corrected chi connectivity index (χ4v) is 3.35. The highest BCUT2D eigenvalue weighted by molar-refractivity contribution is 5.93. The number of nitrogens with zero attached hydrogens (tertiary/aromatic N) is 3. The Morgan fingerprint density at radius 1 is 1.29 bits per heavy atom. The second kappa shape index (κ2) is 9.09. The molecule has 1 N–H and O–H groups in total. The number of ether oxygens (including phenoxy) is 1. The van der Waals surface area contributed by atoms with E-state index in [0.717, 1.165) is 6.07 Å². The maximum absolute atomic E-state index is 15.0. The van der Waals surface area contributed by atoms with Crippen LogP contribution in [-0.4, -0.2) is 59.0 Å². The standard InChI is InChI=1S/C20H20FN3O7/c1-3-22-9-15(20(28)29)19(27)14-6-16(21)18(7-17(14)22)24-5-4-23(8-13(24)10-25)31-11-30-12(2)26/h6-7,9H,3-5,8,11H2,1-2H3,(H,28,29). The molecule has 1 fully saturated rings. The molecule has 0 atom stereocenters. The van der Waals surface area contributed by atoms with Gasteiger partial charge in [-0.1, -0.05) is 0 Å². The van der Waals surface area contributed by atoms with Crippen LogP contribution in [0.2, 0.25) is 0 Å². The smallest absolute Gasteiger partial charge is 0.341 e. The summed E-state index contributed by atoms with van der Waals surface area (Å²) in [7, 11) is 0. The summed E-state index contributed by atoms with van der Waals surface area (Å²) in [4.78, 5) is 52.9. The largest absolute Gasteiger partial charge is 0.477 e. The Balaban J connectivity index is 1.97. The van der Waals surface area contributed by atoms with E-state index < -0.39 is 28.7 Å². The molecule has 1 aromatic heterocycles. The van der Waals surface area contributed by atoms with Gasteiger partial charge in [0, 0.05) is 38.1 Å². The number of esters is 1. The maximum Gasteiger partial charge on any atom is 0.341 e. The number of benzene rings is 1. The molecule has 1 aromatic carbocycles. The van der Waals surface area contributed by atoms with Gasteiger partial charge in [0.15, 0.2) is 0 Å². The van der Waals surface area contributed by atoms with Crippen LogP contribution >= 0.6 is 0 Å². The minimum atomic E-state index is -1.39. The molecule has 1 aliphatic rings. The van der Waals surface area contributed by atoms with Crippen molar-refractivity contribution < 1.29 is 33.5 Å². The molecule has 0 unspecified atom stereocenters. The first-order valence-corrected chi connectivity index (χ1v) is 9.39. The molecule has 10 nitrogen and oxygen atoms in total. The Bertz CT molecular complexity index is 1150. The number of hydrogen-bond acceptors (Lipinski definition) is 8. The first-order valence-electron chi connectivity index (χ1n) is 9.39. The SMILES string of the molecule is CCn1cc(C(=O)O)c(=O)c2cc(F)c(N3CCN(OCOC(C)=O)CC3=C=O)cc21. The highest BCUT2D eigenvalue weighted by Gasteiger charge is 2.27. The molecule has 0 aliphatic carbocycles. The molecule has 1 saturated heterocycles. The number of hydrogen-bond donors (Lipinski definition) is 1. The summed E-state index contributed by atoms with van der Waals surface area (Å²) in [6.07, 6.45) is 1.21. The Morgan fingerprint density at radius 2 is 2.03 bits per heavy atom. The van der Waals surface area contributed by atoms with Gasteiger partial charge in [-0.2, -0.15) is 5.06 Å². The lowest BCUT2D eigenvalue weighted by Crippen LogP contribution is -2.45. The number of fused-ring (bicyclic) bond motifs is 1. The Hall–Kier alpha value is -3.53. The van der Waals surface area contributed by atoms with Crippen LogP contribution in [0.1, 0.15) is 24.2 Å². The van der Waals surface area contributed by atoms with Gasteiger partial charge in [0.1, 0.15) is 23.0 Å². The van der Waals surface area contributed by atoms with Crippen molar-refractivity contribution in [3.05, 3.63) is 45.6 Å². The molecule has 11 heteroatoms. The van der Waals surface area contributed by atoms with Gasteiger partial charge in [-0.3, -0.25) is 14.4 Å². The molecule has 1 aliphatic heterocycles. The molecule has 2 aromatic rings. The third kappa shape index (κ3) is 4.48. The quantitative estimate of drug-likeness (QED) is 0.406. The van der Waals surface area contributed by atoms with E-state index in [9.17, 15) is 28.7 Å². The van der Waals surface area contributed by atoms with Gasteiger partial charge >= 0.3 is 11.9 Å². The van der Waals surface area contributed by atoms with Crippen molar-refractivity contribution in [3.8, 4) is 0 Å². The van der Waals surface area contributed by atoms with Crippen LogP contribution in [0.4, 0.5) is 10.1 Å². The van der Waals surface area contributed by atoms with Gasteiger partial charge < -0.3 is 19.3 Å². The number of carbonyl (C=O) groups is 2. The number of rotatable bonds is 6. The first-order chi connectivity index (χ1) is 14.8. The second-order valence-corrected chi connectivity index (χ2v) is 6.73. The Labute approximate surface area is 175 Å². The summed E-state index contributed by atoms with van der Waals surface area (Å²) < 4.78 is 21.2. The zero-order valence-corrected chi connectivity index (χ0v) is 16.9. The van der Waals surface area contributed by atoms with E-state index in [1.54, 1.807) is 12.9 Å². The maximum atomic E-state index is 15.0. The number of aromatic nitrogens is 1. The molecule has 31 heavy (non-hydrogen) atoms. The minimum absolute atomic E-state index is 0.0270. The number of piperazine rings is 1. The second-order valence-electron chi connectivity index (χ2n) is 6.73. The summed E-state index contributed by atoms with van der Waals surface area (Å²) >= 11 is 0. The molecule has 0 saturated carbocycles. The van der Waals surface area contributed by atoms with Crippen molar-refractivity contribution in [1.82, 2.24) is 9.63 Å². The van der Waals surface area contributed by atoms with E-state index in [1.807, 2.05) is 0 Å². The van der Waals surface area contributed by atoms with E-state index in [1.165, 1.54) is 33.7 Å². The van der Waals surface area contributed by atoms with Gasteiger partial charge in [0.05, 0.1) is 17.7 Å². The van der Waals surface area contributed by atoms with Crippen molar-refractivity contribution in [2.24, 2.45) is 0 Å². The van der Waals surface area contributed by atoms with Crippen LogP contribution in [0.15, 0.2) is 28.8 Å². The Morgan fingerprint density at radius 3 is 2.65 bits per heavy atom. The lowest BCUT2D eigenvalue weighted by Gasteiger charge is -2.35. The third-order valence-corrected chi connectivity index (χ3v) is 4.85. The molecular weight excluding hydrogens is 413 g/mol. The average Bonchev–Trinajstić information content (AvgIpc) is 2.73. The lowest BCUT2D eigenvalue weighted by molar-refractivity contribution is -0.220.